The molecule has 1 aliphatic rings. The number of esters is 2. The molecule has 0 heterocycles. The van der Waals surface area contributed by atoms with Crippen LogP contribution in [0.25, 0.3) is 11.1 Å². The summed E-state index contributed by atoms with van der Waals surface area (Å²) >= 11 is 7.05. The molecule has 80 heavy (non-hydrogen) atoms. The van der Waals surface area contributed by atoms with Gasteiger partial charge in [0.1, 0.15) is 18.2 Å². The van der Waals surface area contributed by atoms with E-state index in [4.69, 9.17) is 25.8 Å². The average Bonchev–Trinajstić information content (AvgIpc) is 3.84. The van der Waals surface area contributed by atoms with Gasteiger partial charge >= 0.3 is 18.0 Å². The van der Waals surface area contributed by atoms with Gasteiger partial charge in [0.25, 0.3) is 0 Å². The summed E-state index contributed by atoms with van der Waals surface area (Å²) in [7, 11) is 0. The van der Waals surface area contributed by atoms with Crippen molar-refractivity contribution in [3.05, 3.63) is 273 Å². The van der Waals surface area contributed by atoms with Crippen LogP contribution < -0.4 is 10.6 Å². The number of carbonyl (C=O) groups is 4. The summed E-state index contributed by atoms with van der Waals surface area (Å²) in [5.41, 5.74) is 7.24. The molecule has 9 nitrogen and oxygen atoms in total. The molecule has 2 N–H and O–H groups in total. The lowest BCUT2D eigenvalue weighted by Gasteiger charge is -2.39. The Morgan fingerprint density at radius 1 is 0.537 bits per heavy atom. The van der Waals surface area contributed by atoms with Crippen molar-refractivity contribution in [2.75, 3.05) is 13.2 Å². The second-order valence-electron chi connectivity index (χ2n) is 21.7. The van der Waals surface area contributed by atoms with Crippen molar-refractivity contribution in [1.82, 2.24) is 10.6 Å². The number of carbonyl (C=O) groups excluding carboxylic acids is 4. The molecule has 0 aromatic heterocycles. The first-order valence-corrected chi connectivity index (χ1v) is 28.0. The number of benzene rings is 8. The number of nitrogens with one attached hydrogen (secondary N) is 2. The van der Waals surface area contributed by atoms with E-state index in [-0.39, 0.29) is 50.2 Å². The van der Waals surface area contributed by atoms with Gasteiger partial charge < -0.3 is 24.8 Å². The molecule has 3 atom stereocenters. The Bertz CT molecular complexity index is 3220. The fourth-order valence-electron chi connectivity index (χ4n) is 11.3. The number of halogens is 1. The third kappa shape index (κ3) is 12.9. The van der Waals surface area contributed by atoms with Gasteiger partial charge in [-0.1, -0.05) is 229 Å². The van der Waals surface area contributed by atoms with E-state index in [0.717, 1.165) is 44.5 Å². The predicted octanol–water partition coefficient (Wildman–Crippen LogP) is 14.8. The van der Waals surface area contributed by atoms with Gasteiger partial charge in [0, 0.05) is 46.0 Å². The predicted molar refractivity (Wildman–Crippen MR) is 316 cm³/mol. The van der Waals surface area contributed by atoms with E-state index >= 15 is 4.79 Å². The lowest BCUT2D eigenvalue weighted by Crippen LogP contribution is -2.46. The lowest BCUT2D eigenvalue weighted by molar-refractivity contribution is -0.161. The minimum Gasteiger partial charge on any atom is -0.460 e. The van der Waals surface area contributed by atoms with E-state index in [1.54, 1.807) is 6.07 Å². The highest BCUT2D eigenvalue weighted by atomic mass is 35.5. The van der Waals surface area contributed by atoms with Gasteiger partial charge in [-0.25, -0.2) is 9.59 Å². The number of amides is 2. The molecule has 408 valence electrons. The van der Waals surface area contributed by atoms with Crippen molar-refractivity contribution in [1.29, 1.82) is 0 Å². The summed E-state index contributed by atoms with van der Waals surface area (Å²) in [5.74, 6) is -2.15. The van der Waals surface area contributed by atoms with Crippen molar-refractivity contribution in [2.24, 2.45) is 5.92 Å². The topological polar surface area (TPSA) is 120 Å². The molecular formula is C70H69ClN2O7. The Kier molecular flexibility index (Phi) is 18.1. The number of aryl methyl sites for hydroxylation is 1. The minimum absolute atomic E-state index is 0.0468. The molecule has 8 aromatic carbocycles. The molecule has 3 unspecified atom stereocenters. The standard InChI is InChI=1S/C70H69ClN2O7/c1-49-40-43-55(44-41-49)70(54-31-15-8-16-32-54,61-37-21-22-38-62(61)71)80-66(76)63(73-67(77)78-48-60-58-35-19-17-33-56(58)57-34-18-20-36-59(57)60)39-23-24-46-72-64(74)45-42-50(65(75)79-68(2,3)4)47-69(51-25-9-5-10-26-51,52-27-11-6-12-28-52)53-29-13-7-14-30-53/h5-22,25-38,40-41,43-44,50,60,63H,23-24,39,42,45-48H2,1-4H3,(H,72,74)(H,73,77). The van der Waals surface area contributed by atoms with Crippen molar-refractivity contribution in [3.8, 4) is 11.1 Å². The van der Waals surface area contributed by atoms with Crippen LogP contribution in [-0.4, -0.2) is 48.7 Å². The van der Waals surface area contributed by atoms with Gasteiger partial charge in [-0.2, -0.15) is 0 Å². The van der Waals surface area contributed by atoms with E-state index in [9.17, 15) is 14.4 Å². The largest absolute Gasteiger partial charge is 0.460 e. The van der Waals surface area contributed by atoms with E-state index in [2.05, 4.69) is 71.3 Å². The number of hydrogen-bond donors (Lipinski definition) is 2. The molecule has 0 bridgehead atoms. The van der Waals surface area contributed by atoms with Gasteiger partial charge in [-0.15, -0.1) is 0 Å². The monoisotopic (exact) mass is 1080 g/mol. The van der Waals surface area contributed by atoms with Gasteiger partial charge in [0.2, 0.25) is 5.91 Å². The Hall–Kier alpha value is -8.27. The lowest BCUT2D eigenvalue weighted by atomic mass is 9.64. The number of rotatable bonds is 22. The summed E-state index contributed by atoms with van der Waals surface area (Å²) in [6, 6.07) is 70.2. The first kappa shape index (κ1) is 56.5. The van der Waals surface area contributed by atoms with Crippen molar-refractivity contribution >= 4 is 35.5 Å². The van der Waals surface area contributed by atoms with Gasteiger partial charge in [0.15, 0.2) is 5.60 Å². The molecule has 9 rings (SSSR count). The van der Waals surface area contributed by atoms with E-state index < -0.39 is 40.6 Å². The van der Waals surface area contributed by atoms with Crippen LogP contribution in [0.4, 0.5) is 4.79 Å². The Labute approximate surface area is 475 Å². The summed E-state index contributed by atoms with van der Waals surface area (Å²) in [4.78, 5) is 57.6. The average molecular weight is 1090 g/mol. The van der Waals surface area contributed by atoms with Crippen LogP contribution in [0.15, 0.2) is 218 Å². The summed E-state index contributed by atoms with van der Waals surface area (Å²) in [6.45, 7) is 7.88. The van der Waals surface area contributed by atoms with Crippen molar-refractivity contribution in [2.45, 2.75) is 94.8 Å². The van der Waals surface area contributed by atoms with Gasteiger partial charge in [-0.3, -0.25) is 9.59 Å². The number of alkyl carbamates (subject to hydrolysis) is 1. The maximum atomic E-state index is 15.2. The number of hydrogen-bond acceptors (Lipinski definition) is 7. The minimum atomic E-state index is -1.53. The SMILES string of the molecule is Cc1ccc(C(OC(=O)C(CCCCNC(=O)CCC(CC(c2ccccc2)(c2ccccc2)c2ccccc2)C(=O)OC(C)(C)C)NC(=O)OCC2c3ccccc3-c3ccccc32)(c2ccccc2)c2ccccc2Cl)cc1. The van der Waals surface area contributed by atoms with Crippen LogP contribution in [0.1, 0.15) is 115 Å². The third-order valence-electron chi connectivity index (χ3n) is 15.1. The Morgan fingerprint density at radius 2 is 1.02 bits per heavy atom. The van der Waals surface area contributed by atoms with E-state index in [1.807, 2.05) is 179 Å². The molecular weight excluding hydrogens is 1020 g/mol. The molecule has 0 aliphatic heterocycles. The molecule has 0 saturated heterocycles. The van der Waals surface area contributed by atoms with Gasteiger partial charge in [0.05, 0.1) is 5.92 Å². The maximum absolute atomic E-state index is 15.2. The summed E-state index contributed by atoms with van der Waals surface area (Å²) in [6.07, 6.45) is 0.919. The van der Waals surface area contributed by atoms with Crippen LogP contribution >= 0.6 is 11.6 Å². The molecule has 10 heteroatoms. The zero-order valence-corrected chi connectivity index (χ0v) is 46.7. The van der Waals surface area contributed by atoms with Crippen LogP contribution in [0.2, 0.25) is 5.02 Å². The number of unbranched alkanes of at least 4 members (excludes halogenated alkanes) is 1. The molecule has 1 aliphatic carbocycles. The normalized spacial score (nSPS) is 13.6. The maximum Gasteiger partial charge on any atom is 0.407 e. The third-order valence-corrected chi connectivity index (χ3v) is 15.4. The highest BCUT2D eigenvalue weighted by Gasteiger charge is 2.45. The highest BCUT2D eigenvalue weighted by molar-refractivity contribution is 6.31. The fraction of sp³-hybridized carbons (Fsp3) is 0.257. The number of ether oxygens (including phenoxy) is 3. The Morgan fingerprint density at radius 3 is 1.56 bits per heavy atom. The molecule has 0 radical (unpaired) electrons. The van der Waals surface area contributed by atoms with Crippen LogP contribution in [0.3, 0.4) is 0 Å². The summed E-state index contributed by atoms with van der Waals surface area (Å²) < 4.78 is 19.0. The van der Waals surface area contributed by atoms with Crippen molar-refractivity contribution < 1.29 is 33.4 Å². The molecule has 0 fully saturated rings. The molecule has 0 saturated carbocycles. The smallest absolute Gasteiger partial charge is 0.407 e. The first-order valence-electron chi connectivity index (χ1n) is 27.6. The highest BCUT2D eigenvalue weighted by Crippen LogP contribution is 2.48. The second kappa shape index (κ2) is 25.7. The zero-order valence-electron chi connectivity index (χ0n) is 45.9. The van der Waals surface area contributed by atoms with Crippen LogP contribution in [0, 0.1) is 12.8 Å². The van der Waals surface area contributed by atoms with E-state index in [1.165, 1.54) is 0 Å². The second-order valence-corrected chi connectivity index (χ2v) is 22.1. The van der Waals surface area contributed by atoms with E-state index in [0.29, 0.717) is 41.0 Å². The fourth-order valence-corrected chi connectivity index (χ4v) is 11.6. The Balaban J connectivity index is 0.932. The first-order chi connectivity index (χ1) is 38.8. The number of fused-ring (bicyclic) bond motifs is 3. The molecule has 2 amide bonds. The van der Waals surface area contributed by atoms with Crippen molar-refractivity contribution in [3.63, 3.8) is 0 Å². The molecule has 0 spiro atoms. The quantitative estimate of drug-likeness (QED) is 0.0300. The van der Waals surface area contributed by atoms with Crippen LogP contribution in [-0.2, 0) is 39.6 Å². The van der Waals surface area contributed by atoms with Crippen LogP contribution in [0.5, 0.6) is 0 Å². The zero-order chi connectivity index (χ0) is 56.1. The molecule has 8 aromatic rings. The summed E-state index contributed by atoms with van der Waals surface area (Å²) in [5, 5.41) is 6.37. The van der Waals surface area contributed by atoms with Gasteiger partial charge in [-0.05, 0) is 105 Å².